The van der Waals surface area contributed by atoms with Gasteiger partial charge in [-0.05, 0) is 61.0 Å². The van der Waals surface area contributed by atoms with Gasteiger partial charge in [-0.1, -0.05) is 0 Å². The van der Waals surface area contributed by atoms with E-state index in [1.54, 1.807) is 0 Å². The van der Waals surface area contributed by atoms with Crippen molar-refractivity contribution < 1.29 is 0 Å². The van der Waals surface area contributed by atoms with Crippen LogP contribution in [0, 0.1) is 0 Å². The summed E-state index contributed by atoms with van der Waals surface area (Å²) in [6, 6.07) is 4.13. The first-order valence-corrected chi connectivity index (χ1v) is 6.85. The lowest BCUT2D eigenvalue weighted by Gasteiger charge is -2.28. The van der Waals surface area contributed by atoms with Crippen LogP contribution in [0.4, 0.5) is 0 Å². The third kappa shape index (κ3) is 2.00. The molecule has 0 bridgehead atoms. The molecule has 90 valence electrons. The Balaban J connectivity index is 1.98. The van der Waals surface area contributed by atoms with Crippen molar-refractivity contribution in [3.8, 4) is 0 Å². The average molecular weight is 294 g/mol. The molecule has 1 aliphatic heterocycles. The second-order valence-corrected chi connectivity index (χ2v) is 5.66. The molecule has 3 nitrogen and oxygen atoms in total. The van der Waals surface area contributed by atoms with Crippen LogP contribution in [-0.2, 0) is 0 Å². The van der Waals surface area contributed by atoms with Gasteiger partial charge in [-0.25, -0.2) is 4.98 Å². The fourth-order valence-electron chi connectivity index (χ4n) is 2.58. The molecule has 0 amide bonds. The van der Waals surface area contributed by atoms with Crippen LogP contribution in [-0.4, -0.2) is 34.4 Å². The first-order valence-electron chi connectivity index (χ1n) is 6.06. The molecular formula is C13H16BrN3. The lowest BCUT2D eigenvalue weighted by atomic mass is 9.96. The first-order chi connectivity index (χ1) is 8.25. The van der Waals surface area contributed by atoms with E-state index in [9.17, 15) is 0 Å². The fourth-order valence-corrected chi connectivity index (χ4v) is 3.02. The minimum Gasteiger partial charge on any atom is -0.306 e. The number of imidazole rings is 1. The van der Waals surface area contributed by atoms with Gasteiger partial charge in [0.1, 0.15) is 5.82 Å². The number of aromatic nitrogens is 2. The molecule has 1 fully saturated rings. The van der Waals surface area contributed by atoms with Gasteiger partial charge in [0, 0.05) is 16.6 Å². The summed E-state index contributed by atoms with van der Waals surface area (Å²) in [6.45, 7) is 2.35. The number of fused-ring (bicyclic) bond motifs is 1. The minimum absolute atomic E-state index is 0.600. The normalized spacial score (nSPS) is 18.9. The summed E-state index contributed by atoms with van der Waals surface area (Å²) in [4.78, 5) is 7.01. The predicted molar refractivity (Wildman–Crippen MR) is 72.4 cm³/mol. The van der Waals surface area contributed by atoms with E-state index in [4.69, 9.17) is 0 Å². The van der Waals surface area contributed by atoms with E-state index in [1.165, 1.54) is 37.3 Å². The van der Waals surface area contributed by atoms with E-state index in [-0.39, 0.29) is 0 Å². The molecule has 1 aliphatic rings. The highest BCUT2D eigenvalue weighted by Gasteiger charge is 2.22. The highest BCUT2D eigenvalue weighted by Crippen LogP contribution is 2.28. The topological polar surface area (TPSA) is 20.5 Å². The predicted octanol–water partition coefficient (Wildman–Crippen LogP) is 2.91. The zero-order chi connectivity index (χ0) is 11.8. The Morgan fingerprint density at radius 1 is 1.35 bits per heavy atom. The lowest BCUT2D eigenvalue weighted by Crippen LogP contribution is -2.29. The molecule has 1 saturated heterocycles. The summed E-state index contributed by atoms with van der Waals surface area (Å²) in [6.07, 6.45) is 6.50. The number of halogens is 1. The van der Waals surface area contributed by atoms with Gasteiger partial charge >= 0.3 is 0 Å². The third-order valence-electron chi connectivity index (χ3n) is 3.63. The van der Waals surface area contributed by atoms with E-state index in [0.717, 1.165) is 4.47 Å². The number of hydrogen-bond donors (Lipinski definition) is 0. The maximum absolute atomic E-state index is 4.62. The minimum atomic E-state index is 0.600. The van der Waals surface area contributed by atoms with Crippen molar-refractivity contribution in [2.75, 3.05) is 20.1 Å². The molecule has 0 aliphatic carbocycles. The van der Waals surface area contributed by atoms with Crippen molar-refractivity contribution in [2.24, 2.45) is 0 Å². The van der Waals surface area contributed by atoms with E-state index in [0.29, 0.717) is 5.92 Å². The SMILES string of the molecule is CN1CCC(c2ncc3c(Br)cccn23)CC1. The maximum atomic E-state index is 4.62. The summed E-state index contributed by atoms with van der Waals surface area (Å²) < 4.78 is 3.34. The van der Waals surface area contributed by atoms with Crippen LogP contribution in [0.1, 0.15) is 24.6 Å². The van der Waals surface area contributed by atoms with Gasteiger partial charge in [-0.15, -0.1) is 0 Å². The van der Waals surface area contributed by atoms with E-state index in [2.05, 4.69) is 55.6 Å². The van der Waals surface area contributed by atoms with Crippen molar-refractivity contribution in [1.82, 2.24) is 14.3 Å². The Morgan fingerprint density at radius 2 is 2.12 bits per heavy atom. The summed E-state index contributed by atoms with van der Waals surface area (Å²) in [7, 11) is 2.19. The zero-order valence-corrected chi connectivity index (χ0v) is 11.5. The van der Waals surface area contributed by atoms with Crippen molar-refractivity contribution in [2.45, 2.75) is 18.8 Å². The molecule has 0 spiro atoms. The summed E-state index contributed by atoms with van der Waals surface area (Å²) in [5.74, 6) is 1.82. The van der Waals surface area contributed by atoms with Crippen LogP contribution in [0.15, 0.2) is 29.0 Å². The Bertz CT molecular complexity index is 526. The van der Waals surface area contributed by atoms with Crippen LogP contribution in [0.3, 0.4) is 0 Å². The molecule has 2 aromatic heterocycles. The van der Waals surface area contributed by atoms with Crippen molar-refractivity contribution in [1.29, 1.82) is 0 Å². The fraction of sp³-hybridized carbons (Fsp3) is 0.462. The second-order valence-electron chi connectivity index (χ2n) is 4.81. The van der Waals surface area contributed by atoms with Gasteiger partial charge in [-0.3, -0.25) is 0 Å². The number of piperidine rings is 1. The van der Waals surface area contributed by atoms with Crippen LogP contribution >= 0.6 is 15.9 Å². The molecule has 2 aromatic rings. The van der Waals surface area contributed by atoms with E-state index >= 15 is 0 Å². The van der Waals surface area contributed by atoms with E-state index < -0.39 is 0 Å². The number of nitrogens with zero attached hydrogens (tertiary/aromatic N) is 3. The van der Waals surface area contributed by atoms with Gasteiger partial charge < -0.3 is 9.30 Å². The van der Waals surface area contributed by atoms with Gasteiger partial charge in [0.2, 0.25) is 0 Å². The van der Waals surface area contributed by atoms with Crippen LogP contribution < -0.4 is 0 Å². The van der Waals surface area contributed by atoms with Crippen molar-refractivity contribution in [3.63, 3.8) is 0 Å². The summed E-state index contributed by atoms with van der Waals surface area (Å²) in [5, 5.41) is 0. The van der Waals surface area contributed by atoms with Crippen molar-refractivity contribution >= 4 is 21.4 Å². The maximum Gasteiger partial charge on any atom is 0.116 e. The molecule has 4 heteroatoms. The highest BCUT2D eigenvalue weighted by atomic mass is 79.9. The van der Waals surface area contributed by atoms with Gasteiger partial charge in [0.25, 0.3) is 0 Å². The Hall–Kier alpha value is -0.870. The number of pyridine rings is 1. The standard InChI is InChI=1S/C13H16BrN3/c1-16-7-4-10(5-8-16)13-15-9-12-11(14)3-2-6-17(12)13/h2-3,6,9-10H,4-5,7-8H2,1H3. The molecule has 0 N–H and O–H groups in total. The average Bonchev–Trinajstić information content (AvgIpc) is 2.75. The summed E-state index contributed by atoms with van der Waals surface area (Å²) in [5.41, 5.74) is 1.17. The largest absolute Gasteiger partial charge is 0.306 e. The molecule has 3 heterocycles. The smallest absolute Gasteiger partial charge is 0.116 e. The van der Waals surface area contributed by atoms with Crippen LogP contribution in [0.2, 0.25) is 0 Å². The quantitative estimate of drug-likeness (QED) is 0.806. The Kier molecular flexibility index (Phi) is 2.92. The van der Waals surface area contributed by atoms with Gasteiger partial charge in [0.15, 0.2) is 0 Å². The number of likely N-dealkylation sites (tertiary alicyclic amines) is 1. The first kappa shape index (κ1) is 11.2. The van der Waals surface area contributed by atoms with Crippen LogP contribution in [0.5, 0.6) is 0 Å². The van der Waals surface area contributed by atoms with E-state index in [1.807, 2.05) is 6.20 Å². The summed E-state index contributed by atoms with van der Waals surface area (Å²) >= 11 is 3.57. The molecular weight excluding hydrogens is 278 g/mol. The highest BCUT2D eigenvalue weighted by molar-refractivity contribution is 9.10. The number of rotatable bonds is 1. The third-order valence-corrected chi connectivity index (χ3v) is 4.30. The molecule has 0 aromatic carbocycles. The van der Waals surface area contributed by atoms with Gasteiger partial charge in [-0.2, -0.15) is 0 Å². The molecule has 0 unspecified atom stereocenters. The molecule has 0 radical (unpaired) electrons. The van der Waals surface area contributed by atoms with Crippen molar-refractivity contribution in [3.05, 3.63) is 34.8 Å². The lowest BCUT2D eigenvalue weighted by molar-refractivity contribution is 0.251. The Morgan fingerprint density at radius 3 is 2.88 bits per heavy atom. The van der Waals surface area contributed by atoms with Crippen LogP contribution in [0.25, 0.3) is 5.52 Å². The molecule has 3 rings (SSSR count). The Labute approximate surface area is 110 Å². The monoisotopic (exact) mass is 293 g/mol. The second kappa shape index (κ2) is 4.42. The van der Waals surface area contributed by atoms with Gasteiger partial charge in [0.05, 0.1) is 11.7 Å². The molecule has 17 heavy (non-hydrogen) atoms. The number of hydrogen-bond acceptors (Lipinski definition) is 2. The molecule has 0 atom stereocenters. The zero-order valence-electron chi connectivity index (χ0n) is 9.93. The molecule has 0 saturated carbocycles.